The van der Waals surface area contributed by atoms with Crippen LogP contribution in [-0.4, -0.2) is 70.5 Å². The zero-order chi connectivity index (χ0) is 15.1. The minimum absolute atomic E-state index is 0.0487. The minimum Gasteiger partial charge on any atom is -0.379 e. The second kappa shape index (κ2) is 8.43. The number of hydrogen-bond donors (Lipinski definition) is 2. The van der Waals surface area contributed by atoms with Crippen LogP contribution in [0.1, 0.15) is 32.6 Å². The van der Waals surface area contributed by atoms with E-state index in [-0.39, 0.29) is 11.8 Å². The van der Waals surface area contributed by atoms with Gasteiger partial charge in [0.05, 0.1) is 19.0 Å². The minimum atomic E-state index is -3.18. The second-order valence-electron chi connectivity index (χ2n) is 6.19. The Morgan fingerprint density at radius 3 is 2.76 bits per heavy atom. The van der Waals surface area contributed by atoms with Crippen LogP contribution in [0.3, 0.4) is 0 Å². The Morgan fingerprint density at radius 1 is 1.33 bits per heavy atom. The first kappa shape index (κ1) is 17.1. The summed E-state index contributed by atoms with van der Waals surface area (Å²) in [6, 6.07) is 0.317. The summed E-state index contributed by atoms with van der Waals surface area (Å²) in [5.74, 6) is 0.220. The average Bonchev–Trinajstić information content (AvgIpc) is 2.47. The molecule has 124 valence electrons. The van der Waals surface area contributed by atoms with Gasteiger partial charge in [0, 0.05) is 31.7 Å². The van der Waals surface area contributed by atoms with Gasteiger partial charge in [-0.3, -0.25) is 4.90 Å². The maximum Gasteiger partial charge on any atom is 0.211 e. The lowest BCUT2D eigenvalue weighted by atomic mass is 10.0. The molecule has 7 heteroatoms. The lowest BCUT2D eigenvalue weighted by molar-refractivity contribution is 0.0354. The van der Waals surface area contributed by atoms with Crippen LogP contribution < -0.4 is 10.0 Å². The van der Waals surface area contributed by atoms with E-state index in [9.17, 15) is 8.42 Å². The van der Waals surface area contributed by atoms with Gasteiger partial charge in [-0.2, -0.15) is 0 Å². The Balaban J connectivity index is 1.68. The van der Waals surface area contributed by atoms with E-state index in [0.29, 0.717) is 12.5 Å². The van der Waals surface area contributed by atoms with Gasteiger partial charge in [0.15, 0.2) is 0 Å². The summed E-state index contributed by atoms with van der Waals surface area (Å²) in [6.07, 6.45) is 4.22. The molecule has 0 aromatic carbocycles. The summed E-state index contributed by atoms with van der Waals surface area (Å²) in [6.45, 7) is 6.97. The standard InChI is InChI=1S/C14H29N3O3S/c1-13(12-17-7-9-20-10-8-17)16-21(18,19)11-5-14-4-2-3-6-15-14/h13-16H,2-12H2,1H3. The molecule has 0 saturated carbocycles. The molecule has 0 bridgehead atoms. The van der Waals surface area contributed by atoms with Crippen LogP contribution in [0.5, 0.6) is 0 Å². The summed E-state index contributed by atoms with van der Waals surface area (Å²) in [7, 11) is -3.18. The molecule has 0 spiro atoms. The topological polar surface area (TPSA) is 70.7 Å². The fraction of sp³-hybridized carbons (Fsp3) is 1.00. The van der Waals surface area contributed by atoms with Crippen LogP contribution in [-0.2, 0) is 14.8 Å². The Kier molecular flexibility index (Phi) is 6.88. The zero-order valence-electron chi connectivity index (χ0n) is 13.0. The van der Waals surface area contributed by atoms with Crippen LogP contribution >= 0.6 is 0 Å². The van der Waals surface area contributed by atoms with Crippen molar-refractivity contribution in [2.45, 2.75) is 44.7 Å². The molecule has 0 aliphatic carbocycles. The molecule has 0 aromatic heterocycles. The first-order valence-electron chi connectivity index (χ1n) is 8.09. The summed E-state index contributed by atoms with van der Waals surface area (Å²) < 4.78 is 32.4. The Bertz CT molecular complexity index is 390. The van der Waals surface area contributed by atoms with Gasteiger partial charge >= 0.3 is 0 Å². The number of piperidine rings is 1. The number of ether oxygens (including phenoxy) is 1. The number of morpholine rings is 1. The zero-order valence-corrected chi connectivity index (χ0v) is 13.8. The smallest absolute Gasteiger partial charge is 0.211 e. The van der Waals surface area contributed by atoms with Crippen LogP contribution in [0.2, 0.25) is 0 Å². The number of nitrogens with zero attached hydrogens (tertiary/aromatic N) is 1. The highest BCUT2D eigenvalue weighted by Crippen LogP contribution is 2.11. The van der Waals surface area contributed by atoms with Gasteiger partial charge in [-0.1, -0.05) is 6.42 Å². The fourth-order valence-corrected chi connectivity index (χ4v) is 4.44. The van der Waals surface area contributed by atoms with E-state index in [4.69, 9.17) is 4.74 Å². The maximum absolute atomic E-state index is 12.1. The molecular weight excluding hydrogens is 290 g/mol. The number of rotatable bonds is 7. The number of nitrogens with one attached hydrogen (secondary N) is 2. The average molecular weight is 319 g/mol. The lowest BCUT2D eigenvalue weighted by Gasteiger charge is -2.29. The van der Waals surface area contributed by atoms with Crippen molar-refractivity contribution in [3.63, 3.8) is 0 Å². The molecule has 0 aromatic rings. The van der Waals surface area contributed by atoms with Crippen LogP contribution in [0.25, 0.3) is 0 Å². The highest BCUT2D eigenvalue weighted by molar-refractivity contribution is 7.89. The SMILES string of the molecule is CC(CN1CCOCC1)NS(=O)(=O)CCC1CCCCN1. The van der Waals surface area contributed by atoms with Crippen molar-refractivity contribution in [1.82, 2.24) is 14.9 Å². The van der Waals surface area contributed by atoms with Crippen molar-refractivity contribution >= 4 is 10.0 Å². The first-order chi connectivity index (χ1) is 10.1. The molecule has 2 saturated heterocycles. The van der Waals surface area contributed by atoms with Gasteiger partial charge in [-0.15, -0.1) is 0 Å². The largest absolute Gasteiger partial charge is 0.379 e. The first-order valence-corrected chi connectivity index (χ1v) is 9.74. The molecule has 2 rings (SSSR count). The van der Waals surface area contributed by atoms with Gasteiger partial charge < -0.3 is 10.1 Å². The van der Waals surface area contributed by atoms with Crippen molar-refractivity contribution in [2.75, 3.05) is 45.1 Å². The third kappa shape index (κ3) is 6.61. The fourth-order valence-electron chi connectivity index (χ4n) is 3.04. The Labute approximate surface area is 128 Å². The number of sulfonamides is 1. The van der Waals surface area contributed by atoms with Crippen molar-refractivity contribution in [3.8, 4) is 0 Å². The highest BCUT2D eigenvalue weighted by atomic mass is 32.2. The predicted octanol–water partition coefficient (Wildman–Crippen LogP) is 0.159. The van der Waals surface area contributed by atoms with E-state index in [1.165, 1.54) is 12.8 Å². The molecule has 2 N–H and O–H groups in total. The molecule has 21 heavy (non-hydrogen) atoms. The third-order valence-corrected chi connectivity index (χ3v) is 5.70. The molecule has 2 unspecified atom stereocenters. The van der Waals surface area contributed by atoms with E-state index in [2.05, 4.69) is 14.9 Å². The van der Waals surface area contributed by atoms with E-state index in [0.717, 1.165) is 45.8 Å². The number of hydrogen-bond acceptors (Lipinski definition) is 5. The molecule has 0 amide bonds. The van der Waals surface area contributed by atoms with Crippen LogP contribution in [0.15, 0.2) is 0 Å². The molecule has 2 aliphatic heterocycles. The molecular formula is C14H29N3O3S. The normalized spacial score (nSPS) is 26.6. The molecule has 2 fully saturated rings. The van der Waals surface area contributed by atoms with Gasteiger partial charge in [0.1, 0.15) is 0 Å². The molecule has 2 atom stereocenters. The van der Waals surface area contributed by atoms with Gasteiger partial charge in [-0.05, 0) is 32.7 Å². The van der Waals surface area contributed by atoms with E-state index >= 15 is 0 Å². The molecule has 2 aliphatic rings. The van der Waals surface area contributed by atoms with Crippen molar-refractivity contribution < 1.29 is 13.2 Å². The summed E-state index contributed by atoms with van der Waals surface area (Å²) in [5, 5.41) is 3.40. The van der Waals surface area contributed by atoms with Crippen molar-refractivity contribution in [3.05, 3.63) is 0 Å². The van der Waals surface area contributed by atoms with Gasteiger partial charge in [0.25, 0.3) is 0 Å². The molecule has 2 heterocycles. The van der Waals surface area contributed by atoms with Crippen molar-refractivity contribution in [1.29, 1.82) is 0 Å². The molecule has 6 nitrogen and oxygen atoms in total. The Hall–Kier alpha value is -0.210. The van der Waals surface area contributed by atoms with Gasteiger partial charge in [0.2, 0.25) is 10.0 Å². The van der Waals surface area contributed by atoms with Crippen LogP contribution in [0.4, 0.5) is 0 Å². The van der Waals surface area contributed by atoms with Crippen molar-refractivity contribution in [2.24, 2.45) is 0 Å². The Morgan fingerprint density at radius 2 is 2.10 bits per heavy atom. The monoisotopic (exact) mass is 319 g/mol. The lowest BCUT2D eigenvalue weighted by Crippen LogP contribution is -2.46. The van der Waals surface area contributed by atoms with E-state index in [1.807, 2.05) is 6.92 Å². The van der Waals surface area contributed by atoms with E-state index < -0.39 is 10.0 Å². The maximum atomic E-state index is 12.1. The second-order valence-corrected chi connectivity index (χ2v) is 8.06. The van der Waals surface area contributed by atoms with Crippen LogP contribution in [0, 0.1) is 0 Å². The quantitative estimate of drug-likeness (QED) is 0.699. The van der Waals surface area contributed by atoms with E-state index in [1.54, 1.807) is 0 Å². The summed E-state index contributed by atoms with van der Waals surface area (Å²) >= 11 is 0. The predicted molar refractivity (Wildman–Crippen MR) is 83.9 cm³/mol. The van der Waals surface area contributed by atoms with Gasteiger partial charge in [-0.25, -0.2) is 13.1 Å². The summed E-state index contributed by atoms with van der Waals surface area (Å²) in [5.41, 5.74) is 0. The highest BCUT2D eigenvalue weighted by Gasteiger charge is 2.21. The third-order valence-electron chi connectivity index (χ3n) is 4.16. The summed E-state index contributed by atoms with van der Waals surface area (Å²) in [4.78, 5) is 2.25. The molecule has 0 radical (unpaired) electrons.